The van der Waals surface area contributed by atoms with Crippen LogP contribution in [0.2, 0.25) is 0 Å². The standard InChI is InChI=1S/C18H19F3O6S/c1-17(2,8-7-12-3-4-12)27-15-11-13(5-6-14(15)18(19,20)21)16(22)26-9-10-28(23,24)25/h5-6,11-12H,3-4,9-10H2,1-2H3,(H,23,24,25). The maximum Gasteiger partial charge on any atom is 0.419 e. The number of ether oxygens (including phenoxy) is 2. The monoisotopic (exact) mass is 420 g/mol. The molecular weight excluding hydrogens is 401 g/mol. The van der Waals surface area contributed by atoms with E-state index in [2.05, 4.69) is 16.6 Å². The average Bonchev–Trinajstić information content (AvgIpc) is 3.34. The number of halogens is 3. The van der Waals surface area contributed by atoms with Crippen molar-refractivity contribution in [3.63, 3.8) is 0 Å². The highest BCUT2D eigenvalue weighted by Crippen LogP contribution is 2.38. The summed E-state index contributed by atoms with van der Waals surface area (Å²) >= 11 is 0. The summed E-state index contributed by atoms with van der Waals surface area (Å²) in [6, 6.07) is 2.45. The maximum absolute atomic E-state index is 13.3. The Bertz CT molecular complexity index is 905. The van der Waals surface area contributed by atoms with Gasteiger partial charge >= 0.3 is 12.1 Å². The zero-order chi connectivity index (χ0) is 21.2. The van der Waals surface area contributed by atoms with Gasteiger partial charge in [0.05, 0.1) is 11.1 Å². The highest BCUT2D eigenvalue weighted by molar-refractivity contribution is 7.85. The van der Waals surface area contributed by atoms with Crippen molar-refractivity contribution in [2.75, 3.05) is 12.4 Å². The molecule has 154 valence electrons. The molecule has 0 aromatic heterocycles. The molecule has 0 radical (unpaired) electrons. The van der Waals surface area contributed by atoms with E-state index < -0.39 is 51.5 Å². The summed E-state index contributed by atoms with van der Waals surface area (Å²) in [5, 5.41) is 0. The smallest absolute Gasteiger partial charge is 0.419 e. The predicted octanol–water partition coefficient (Wildman–Crippen LogP) is 3.32. The summed E-state index contributed by atoms with van der Waals surface area (Å²) in [5.41, 5.74) is -2.57. The van der Waals surface area contributed by atoms with Gasteiger partial charge in [-0.25, -0.2) is 4.79 Å². The molecule has 2 rings (SSSR count). The van der Waals surface area contributed by atoms with Crippen molar-refractivity contribution < 1.29 is 40.4 Å². The highest BCUT2D eigenvalue weighted by Gasteiger charge is 2.36. The number of alkyl halides is 3. The van der Waals surface area contributed by atoms with Crippen LogP contribution in [0.1, 0.15) is 42.6 Å². The molecule has 6 nitrogen and oxygen atoms in total. The Morgan fingerprint density at radius 1 is 1.29 bits per heavy atom. The second kappa shape index (κ2) is 8.01. The van der Waals surface area contributed by atoms with E-state index in [1.807, 2.05) is 0 Å². The van der Waals surface area contributed by atoms with Crippen LogP contribution in [0.5, 0.6) is 5.75 Å². The first kappa shape index (κ1) is 22.0. The second-order valence-electron chi connectivity index (χ2n) is 6.79. The van der Waals surface area contributed by atoms with Crippen LogP contribution < -0.4 is 4.74 Å². The first-order valence-electron chi connectivity index (χ1n) is 8.32. The molecule has 1 N–H and O–H groups in total. The average molecular weight is 420 g/mol. The molecule has 0 aliphatic heterocycles. The molecule has 1 aromatic carbocycles. The highest BCUT2D eigenvalue weighted by atomic mass is 32.2. The Balaban J connectivity index is 2.24. The molecule has 10 heteroatoms. The van der Waals surface area contributed by atoms with Crippen molar-refractivity contribution in [1.29, 1.82) is 0 Å². The molecule has 1 aliphatic rings. The lowest BCUT2D eigenvalue weighted by atomic mass is 10.1. The van der Waals surface area contributed by atoms with Gasteiger partial charge in [0.25, 0.3) is 10.1 Å². The number of hydrogen-bond acceptors (Lipinski definition) is 5. The fourth-order valence-electron chi connectivity index (χ4n) is 2.09. The summed E-state index contributed by atoms with van der Waals surface area (Å²) in [6.07, 6.45) is -2.83. The predicted molar refractivity (Wildman–Crippen MR) is 93.3 cm³/mol. The van der Waals surface area contributed by atoms with Gasteiger partial charge in [-0.15, -0.1) is 0 Å². The van der Waals surface area contributed by atoms with Crippen molar-refractivity contribution in [1.82, 2.24) is 0 Å². The minimum absolute atomic E-state index is 0.231. The Morgan fingerprint density at radius 3 is 2.46 bits per heavy atom. The summed E-state index contributed by atoms with van der Waals surface area (Å²) in [4.78, 5) is 12.0. The van der Waals surface area contributed by atoms with E-state index in [0.717, 1.165) is 25.0 Å². The van der Waals surface area contributed by atoms with Crippen molar-refractivity contribution in [3.05, 3.63) is 29.3 Å². The first-order chi connectivity index (χ1) is 12.8. The van der Waals surface area contributed by atoms with Gasteiger partial charge in [0.15, 0.2) is 5.60 Å². The number of benzene rings is 1. The molecule has 1 aliphatic carbocycles. The molecule has 1 fully saturated rings. The lowest BCUT2D eigenvalue weighted by Crippen LogP contribution is -2.27. The molecule has 28 heavy (non-hydrogen) atoms. The van der Waals surface area contributed by atoms with E-state index >= 15 is 0 Å². The van der Waals surface area contributed by atoms with Crippen LogP contribution in [0.15, 0.2) is 18.2 Å². The molecule has 0 atom stereocenters. The summed E-state index contributed by atoms with van der Waals surface area (Å²) in [6.45, 7) is 2.38. The van der Waals surface area contributed by atoms with Crippen LogP contribution in [0.3, 0.4) is 0 Å². The van der Waals surface area contributed by atoms with Gasteiger partial charge < -0.3 is 9.47 Å². The Morgan fingerprint density at radius 2 is 1.93 bits per heavy atom. The third-order valence-corrected chi connectivity index (χ3v) is 4.30. The topological polar surface area (TPSA) is 89.9 Å². The van der Waals surface area contributed by atoms with Crippen molar-refractivity contribution in [3.8, 4) is 17.6 Å². The van der Waals surface area contributed by atoms with E-state index in [0.29, 0.717) is 6.07 Å². The fraction of sp³-hybridized carbons (Fsp3) is 0.500. The molecular formula is C18H19F3O6S. The number of carbonyl (C=O) groups is 1. The maximum atomic E-state index is 13.3. The van der Waals surface area contributed by atoms with Gasteiger partial charge in [-0.1, -0.05) is 11.8 Å². The molecule has 0 bridgehead atoms. The minimum Gasteiger partial charge on any atom is -0.475 e. The Kier molecular flexibility index (Phi) is 6.31. The zero-order valence-corrected chi connectivity index (χ0v) is 16.0. The molecule has 1 saturated carbocycles. The quantitative estimate of drug-likeness (QED) is 0.431. The normalized spacial score (nSPS) is 14.8. The second-order valence-corrected chi connectivity index (χ2v) is 8.36. The molecule has 0 spiro atoms. The van der Waals surface area contributed by atoms with E-state index in [1.165, 1.54) is 13.8 Å². The van der Waals surface area contributed by atoms with Crippen molar-refractivity contribution in [2.45, 2.75) is 38.5 Å². The minimum atomic E-state index is -4.72. The van der Waals surface area contributed by atoms with Crippen LogP contribution in [0.4, 0.5) is 13.2 Å². The summed E-state index contributed by atoms with van der Waals surface area (Å²) in [7, 11) is -4.33. The van der Waals surface area contributed by atoms with E-state index in [1.54, 1.807) is 0 Å². The molecule has 0 heterocycles. The van der Waals surface area contributed by atoms with Crippen molar-refractivity contribution >= 4 is 16.1 Å². The zero-order valence-electron chi connectivity index (χ0n) is 15.2. The first-order valence-corrected chi connectivity index (χ1v) is 9.93. The van der Waals surface area contributed by atoms with Gasteiger partial charge in [0.1, 0.15) is 18.1 Å². The molecule has 0 unspecified atom stereocenters. The third-order valence-electron chi connectivity index (χ3n) is 3.62. The van der Waals surface area contributed by atoms with Gasteiger partial charge in [0.2, 0.25) is 0 Å². The van der Waals surface area contributed by atoms with E-state index in [-0.39, 0.29) is 11.5 Å². The number of rotatable bonds is 6. The Hall–Kier alpha value is -2.25. The van der Waals surface area contributed by atoms with Crippen LogP contribution in [-0.2, 0) is 21.0 Å². The van der Waals surface area contributed by atoms with Gasteiger partial charge in [0, 0.05) is 5.92 Å². The van der Waals surface area contributed by atoms with Gasteiger partial charge in [-0.3, -0.25) is 4.55 Å². The number of carbonyl (C=O) groups excluding carboxylic acids is 1. The van der Waals surface area contributed by atoms with Crippen molar-refractivity contribution in [2.24, 2.45) is 5.92 Å². The van der Waals surface area contributed by atoms with Crippen LogP contribution in [0.25, 0.3) is 0 Å². The van der Waals surface area contributed by atoms with Gasteiger partial charge in [-0.2, -0.15) is 21.6 Å². The van der Waals surface area contributed by atoms with E-state index in [9.17, 15) is 26.4 Å². The third kappa shape index (κ3) is 7.05. The van der Waals surface area contributed by atoms with Crippen LogP contribution >= 0.6 is 0 Å². The van der Waals surface area contributed by atoms with E-state index in [4.69, 9.17) is 9.29 Å². The van der Waals surface area contributed by atoms with Crippen LogP contribution in [0, 0.1) is 17.8 Å². The van der Waals surface area contributed by atoms with Crippen LogP contribution in [-0.4, -0.2) is 36.9 Å². The summed E-state index contributed by atoms with van der Waals surface area (Å²) < 4.78 is 79.9. The lowest BCUT2D eigenvalue weighted by molar-refractivity contribution is -0.139. The molecule has 0 saturated heterocycles. The number of hydrogen-bond donors (Lipinski definition) is 1. The number of esters is 1. The van der Waals surface area contributed by atoms with Gasteiger partial charge in [-0.05, 0) is 44.9 Å². The largest absolute Gasteiger partial charge is 0.475 e. The fourth-order valence-corrected chi connectivity index (χ4v) is 2.39. The Labute approximate surface area is 160 Å². The molecule has 1 aromatic rings. The summed E-state index contributed by atoms with van der Waals surface area (Å²) in [5.74, 6) is 3.48. The SMILES string of the molecule is CC(C)(C#CC1CC1)Oc1cc(C(=O)OCCS(=O)(=O)O)ccc1C(F)(F)F. The lowest BCUT2D eigenvalue weighted by Gasteiger charge is -2.23. The molecule has 0 amide bonds.